The van der Waals surface area contributed by atoms with Crippen LogP contribution in [-0.2, 0) is 4.79 Å². The van der Waals surface area contributed by atoms with Crippen LogP contribution in [0.1, 0.15) is 6.42 Å². The van der Waals surface area contributed by atoms with Gasteiger partial charge in [-0.15, -0.1) is 0 Å². The van der Waals surface area contributed by atoms with E-state index in [0.717, 1.165) is 11.4 Å². The predicted molar refractivity (Wildman–Crippen MR) is 88.8 cm³/mol. The van der Waals surface area contributed by atoms with Crippen molar-refractivity contribution in [2.24, 2.45) is 5.73 Å². The number of nitrogens with zero attached hydrogens (tertiary/aromatic N) is 1. The average Bonchev–Trinajstić information content (AvgIpc) is 2.91. The van der Waals surface area contributed by atoms with Crippen LogP contribution >= 0.6 is 0 Å². The summed E-state index contributed by atoms with van der Waals surface area (Å²) in [4.78, 5) is 13.7. The Balaban J connectivity index is 1.59. The van der Waals surface area contributed by atoms with Gasteiger partial charge in [-0.05, 0) is 24.3 Å². The largest absolute Gasteiger partial charge is 0.490 e. The summed E-state index contributed by atoms with van der Waals surface area (Å²) in [6.45, 7) is 1.37. The van der Waals surface area contributed by atoms with E-state index in [9.17, 15) is 4.79 Å². The number of hydrogen-bond acceptors (Lipinski definition) is 4. The first-order valence-electron chi connectivity index (χ1n) is 7.69. The van der Waals surface area contributed by atoms with Gasteiger partial charge in [0.25, 0.3) is 0 Å². The fraction of sp³-hybridized carbons (Fsp3) is 0.278. The molecule has 120 valence electrons. The Morgan fingerprint density at radius 1 is 1.00 bits per heavy atom. The van der Waals surface area contributed by atoms with Crippen molar-refractivity contribution in [1.29, 1.82) is 0 Å². The van der Waals surface area contributed by atoms with Crippen molar-refractivity contribution >= 4 is 11.6 Å². The molecule has 2 N–H and O–H groups in total. The molecule has 3 rings (SSSR count). The van der Waals surface area contributed by atoms with Gasteiger partial charge in [0.15, 0.2) is 0 Å². The maximum Gasteiger partial charge on any atom is 0.228 e. The lowest BCUT2D eigenvalue weighted by Gasteiger charge is -2.20. The summed E-state index contributed by atoms with van der Waals surface area (Å²) in [5.41, 5.74) is 6.63. The van der Waals surface area contributed by atoms with E-state index >= 15 is 0 Å². The van der Waals surface area contributed by atoms with E-state index < -0.39 is 0 Å². The number of carbonyl (C=O) groups is 1. The Hall–Kier alpha value is -2.53. The van der Waals surface area contributed by atoms with Gasteiger partial charge >= 0.3 is 0 Å². The van der Waals surface area contributed by atoms with Crippen molar-refractivity contribution in [3.63, 3.8) is 0 Å². The summed E-state index contributed by atoms with van der Waals surface area (Å²) in [6, 6.07) is 17.0. The van der Waals surface area contributed by atoms with Gasteiger partial charge in [-0.2, -0.15) is 0 Å². The SMILES string of the molecule is NC1CC(=O)N(c2ccccc2OCCOc2ccccc2)C1. The van der Waals surface area contributed by atoms with E-state index in [1.807, 2.05) is 54.6 Å². The Morgan fingerprint density at radius 2 is 1.70 bits per heavy atom. The number of rotatable bonds is 6. The van der Waals surface area contributed by atoms with Crippen LogP contribution in [0.5, 0.6) is 11.5 Å². The number of carbonyl (C=O) groups excluding carboxylic acids is 1. The third kappa shape index (κ3) is 3.81. The van der Waals surface area contributed by atoms with Crippen LogP contribution in [0, 0.1) is 0 Å². The molecule has 1 saturated heterocycles. The molecule has 1 fully saturated rings. The monoisotopic (exact) mass is 312 g/mol. The molecule has 1 atom stereocenters. The summed E-state index contributed by atoms with van der Waals surface area (Å²) < 4.78 is 11.4. The highest BCUT2D eigenvalue weighted by atomic mass is 16.5. The van der Waals surface area contributed by atoms with Gasteiger partial charge in [0.1, 0.15) is 24.7 Å². The second-order valence-electron chi connectivity index (χ2n) is 5.45. The molecule has 1 unspecified atom stereocenters. The molecule has 5 nitrogen and oxygen atoms in total. The number of hydrogen-bond donors (Lipinski definition) is 1. The van der Waals surface area contributed by atoms with E-state index in [2.05, 4.69) is 0 Å². The maximum absolute atomic E-state index is 12.0. The summed E-state index contributed by atoms with van der Waals surface area (Å²) in [7, 11) is 0. The van der Waals surface area contributed by atoms with E-state index in [1.54, 1.807) is 4.90 Å². The summed E-state index contributed by atoms with van der Waals surface area (Å²) in [5, 5.41) is 0. The van der Waals surface area contributed by atoms with Crippen molar-refractivity contribution in [2.75, 3.05) is 24.7 Å². The second-order valence-corrected chi connectivity index (χ2v) is 5.45. The van der Waals surface area contributed by atoms with E-state index in [1.165, 1.54) is 0 Å². The molecule has 0 radical (unpaired) electrons. The summed E-state index contributed by atoms with van der Waals surface area (Å²) in [5.74, 6) is 1.52. The molecule has 0 aromatic heterocycles. The van der Waals surface area contributed by atoms with Gasteiger partial charge < -0.3 is 20.1 Å². The van der Waals surface area contributed by atoms with E-state index in [4.69, 9.17) is 15.2 Å². The van der Waals surface area contributed by atoms with Gasteiger partial charge in [-0.3, -0.25) is 4.79 Å². The molecule has 2 aromatic carbocycles. The van der Waals surface area contributed by atoms with Crippen LogP contribution < -0.4 is 20.1 Å². The van der Waals surface area contributed by atoms with Crippen molar-refractivity contribution < 1.29 is 14.3 Å². The Morgan fingerprint density at radius 3 is 2.43 bits per heavy atom. The predicted octanol–water partition coefficient (Wildman–Crippen LogP) is 2.21. The van der Waals surface area contributed by atoms with Crippen LogP contribution in [-0.4, -0.2) is 31.7 Å². The number of anilines is 1. The first-order valence-corrected chi connectivity index (χ1v) is 7.69. The van der Waals surface area contributed by atoms with E-state index in [0.29, 0.717) is 31.9 Å². The summed E-state index contributed by atoms with van der Waals surface area (Å²) in [6.07, 6.45) is 0.380. The smallest absolute Gasteiger partial charge is 0.228 e. The molecule has 5 heteroatoms. The molecule has 1 aliphatic heterocycles. The lowest BCUT2D eigenvalue weighted by Crippen LogP contribution is -2.28. The summed E-state index contributed by atoms with van der Waals surface area (Å²) >= 11 is 0. The minimum absolute atomic E-state index is 0.0362. The number of amides is 1. The third-order valence-corrected chi connectivity index (χ3v) is 3.66. The Labute approximate surface area is 135 Å². The number of para-hydroxylation sites is 3. The van der Waals surface area contributed by atoms with Crippen LogP contribution in [0.3, 0.4) is 0 Å². The molecule has 2 aromatic rings. The molecule has 0 bridgehead atoms. The molecule has 1 heterocycles. The lowest BCUT2D eigenvalue weighted by atomic mass is 10.2. The van der Waals surface area contributed by atoms with Crippen LogP contribution in [0.2, 0.25) is 0 Å². The maximum atomic E-state index is 12.0. The van der Waals surface area contributed by atoms with Crippen molar-refractivity contribution in [1.82, 2.24) is 0 Å². The standard InChI is InChI=1S/C18H20N2O3/c19-14-12-18(21)20(13-14)16-8-4-5-9-17(16)23-11-10-22-15-6-2-1-3-7-15/h1-9,14H,10-13,19H2. The Bertz CT molecular complexity index is 660. The van der Waals surface area contributed by atoms with Gasteiger partial charge in [0, 0.05) is 19.0 Å². The second kappa shape index (κ2) is 7.15. The third-order valence-electron chi connectivity index (χ3n) is 3.66. The molecular formula is C18H20N2O3. The molecule has 0 aliphatic carbocycles. The molecule has 0 spiro atoms. The normalized spacial score (nSPS) is 17.3. The van der Waals surface area contributed by atoms with Crippen molar-refractivity contribution in [3.8, 4) is 11.5 Å². The van der Waals surface area contributed by atoms with Crippen LogP contribution in [0.4, 0.5) is 5.69 Å². The molecule has 0 saturated carbocycles. The fourth-order valence-corrected chi connectivity index (χ4v) is 2.60. The van der Waals surface area contributed by atoms with Gasteiger partial charge in [0.05, 0.1) is 5.69 Å². The average molecular weight is 312 g/mol. The van der Waals surface area contributed by atoms with Crippen LogP contribution in [0.25, 0.3) is 0 Å². The van der Waals surface area contributed by atoms with Crippen LogP contribution in [0.15, 0.2) is 54.6 Å². The minimum Gasteiger partial charge on any atom is -0.490 e. The van der Waals surface area contributed by atoms with Gasteiger partial charge in [-0.1, -0.05) is 30.3 Å². The van der Waals surface area contributed by atoms with Gasteiger partial charge in [0.2, 0.25) is 5.91 Å². The molecule has 23 heavy (non-hydrogen) atoms. The quantitative estimate of drug-likeness (QED) is 0.831. The first kappa shape index (κ1) is 15.4. The highest BCUT2D eigenvalue weighted by Crippen LogP contribution is 2.31. The van der Waals surface area contributed by atoms with E-state index in [-0.39, 0.29) is 11.9 Å². The highest BCUT2D eigenvalue weighted by Gasteiger charge is 2.29. The molecular weight excluding hydrogens is 292 g/mol. The van der Waals surface area contributed by atoms with Crippen molar-refractivity contribution in [2.45, 2.75) is 12.5 Å². The number of ether oxygens (including phenoxy) is 2. The zero-order valence-electron chi connectivity index (χ0n) is 12.9. The topological polar surface area (TPSA) is 64.8 Å². The minimum atomic E-state index is -0.114. The number of benzene rings is 2. The highest BCUT2D eigenvalue weighted by molar-refractivity contribution is 5.97. The molecule has 1 aliphatic rings. The lowest BCUT2D eigenvalue weighted by molar-refractivity contribution is -0.117. The Kier molecular flexibility index (Phi) is 4.78. The zero-order chi connectivity index (χ0) is 16.1. The fourth-order valence-electron chi connectivity index (χ4n) is 2.60. The van der Waals surface area contributed by atoms with Crippen molar-refractivity contribution in [3.05, 3.63) is 54.6 Å². The first-order chi connectivity index (χ1) is 11.2. The molecule has 1 amide bonds. The zero-order valence-corrected chi connectivity index (χ0v) is 12.9. The van der Waals surface area contributed by atoms with Gasteiger partial charge in [-0.25, -0.2) is 0 Å². The number of nitrogens with two attached hydrogens (primary N) is 1.